The van der Waals surface area contributed by atoms with E-state index in [1.165, 1.54) is 6.07 Å². The molecule has 0 saturated carbocycles. The van der Waals surface area contributed by atoms with Crippen LogP contribution in [0.1, 0.15) is 6.23 Å². The number of anilines is 1. The molecule has 2 unspecified atom stereocenters. The van der Waals surface area contributed by atoms with E-state index in [-0.39, 0.29) is 5.82 Å². The maximum atomic E-state index is 11.7. The molecule has 142 valence electrons. The predicted molar refractivity (Wildman–Crippen MR) is 77.7 cm³/mol. The number of aliphatic hydroxyl groups excluding tert-OH is 2. The van der Waals surface area contributed by atoms with Crippen LogP contribution in [0.4, 0.5) is 5.82 Å². The predicted octanol–water partition coefficient (Wildman–Crippen LogP) is -2.33. The maximum Gasteiger partial charge on any atom is 0.481 e. The monoisotopic (exact) mass is 403 g/mol. The Morgan fingerprint density at radius 2 is 1.92 bits per heavy atom. The van der Waals surface area contributed by atoms with Crippen LogP contribution in [0.15, 0.2) is 17.1 Å². The van der Waals surface area contributed by atoms with Crippen molar-refractivity contribution in [3.8, 4) is 0 Å². The zero-order valence-corrected chi connectivity index (χ0v) is 14.0. The van der Waals surface area contributed by atoms with Gasteiger partial charge in [-0.1, -0.05) is 0 Å². The fraction of sp³-hybridized carbons (Fsp3) is 0.556. The van der Waals surface area contributed by atoms with Crippen molar-refractivity contribution in [1.29, 1.82) is 0 Å². The molecule has 25 heavy (non-hydrogen) atoms. The molecule has 7 N–H and O–H groups in total. The van der Waals surface area contributed by atoms with Gasteiger partial charge in [-0.25, -0.2) is 13.9 Å². The van der Waals surface area contributed by atoms with Crippen molar-refractivity contribution in [1.82, 2.24) is 9.55 Å². The molecule has 1 aliphatic rings. The van der Waals surface area contributed by atoms with Gasteiger partial charge in [-0.3, -0.25) is 9.09 Å². The Morgan fingerprint density at radius 3 is 2.48 bits per heavy atom. The summed E-state index contributed by atoms with van der Waals surface area (Å²) in [5.74, 6) is -0.0787. The zero-order chi connectivity index (χ0) is 19.0. The van der Waals surface area contributed by atoms with E-state index in [9.17, 15) is 24.1 Å². The van der Waals surface area contributed by atoms with Gasteiger partial charge in [0, 0.05) is 6.20 Å². The van der Waals surface area contributed by atoms with Gasteiger partial charge in [0.15, 0.2) is 6.23 Å². The van der Waals surface area contributed by atoms with E-state index >= 15 is 0 Å². The lowest BCUT2D eigenvalue weighted by Crippen LogP contribution is -2.36. The number of nitrogens with zero attached hydrogens (tertiary/aromatic N) is 2. The second kappa shape index (κ2) is 7.21. The average molecular weight is 403 g/mol. The fourth-order valence-corrected chi connectivity index (χ4v) is 3.64. The SMILES string of the molecule is Nc1ccn([C@@H]2O[C@H](COP(=O)(O)OP(=O)(O)O)[C@@H](O)C2O)c(=O)n1. The van der Waals surface area contributed by atoms with E-state index in [0.29, 0.717) is 0 Å². The van der Waals surface area contributed by atoms with Gasteiger partial charge in [-0.05, 0) is 6.07 Å². The Bertz CT molecular complexity index is 778. The molecular weight excluding hydrogens is 388 g/mol. The number of phosphoric acid groups is 2. The lowest BCUT2D eigenvalue weighted by Gasteiger charge is -2.17. The molecule has 16 heteroatoms. The molecule has 1 aliphatic heterocycles. The van der Waals surface area contributed by atoms with Crippen molar-refractivity contribution in [3.05, 3.63) is 22.7 Å². The summed E-state index contributed by atoms with van der Waals surface area (Å²) >= 11 is 0. The topological polar surface area (TPSA) is 224 Å². The standard InChI is InChI=1S/C9H15N3O11P2/c10-5-1-2-12(9(15)11-5)8-7(14)6(13)4(22-8)3-21-25(19,20)23-24(16,17)18/h1-2,4,6-8,13-14H,3H2,(H,19,20)(H2,10,11,15)(H2,16,17,18)/t4-,6-,7?,8-/m1/s1. The van der Waals surface area contributed by atoms with Crippen molar-refractivity contribution < 1.29 is 47.6 Å². The van der Waals surface area contributed by atoms with E-state index in [4.69, 9.17) is 25.2 Å². The summed E-state index contributed by atoms with van der Waals surface area (Å²) in [4.78, 5) is 41.3. The molecule has 1 aromatic heterocycles. The highest BCUT2D eigenvalue weighted by Crippen LogP contribution is 2.57. The first-order chi connectivity index (χ1) is 11.4. The molecular formula is C9H15N3O11P2. The second-order valence-corrected chi connectivity index (χ2v) is 7.75. The molecule has 0 radical (unpaired) electrons. The molecule has 14 nitrogen and oxygen atoms in total. The molecule has 1 fully saturated rings. The number of hydrogen-bond donors (Lipinski definition) is 6. The maximum absolute atomic E-state index is 11.7. The van der Waals surface area contributed by atoms with Crippen LogP contribution >= 0.6 is 15.6 Å². The van der Waals surface area contributed by atoms with E-state index in [1.54, 1.807) is 0 Å². The Balaban J connectivity index is 2.08. The van der Waals surface area contributed by atoms with E-state index in [1.807, 2.05) is 0 Å². The highest BCUT2D eigenvalue weighted by Gasteiger charge is 2.45. The smallest absolute Gasteiger partial charge is 0.387 e. The minimum absolute atomic E-state index is 0.0787. The van der Waals surface area contributed by atoms with E-state index in [0.717, 1.165) is 10.8 Å². The first-order valence-electron chi connectivity index (χ1n) is 6.50. The van der Waals surface area contributed by atoms with Crippen LogP contribution in [0, 0.1) is 0 Å². The number of ether oxygens (including phenoxy) is 1. The molecule has 1 saturated heterocycles. The van der Waals surface area contributed by atoms with Crippen LogP contribution in [0.5, 0.6) is 0 Å². The largest absolute Gasteiger partial charge is 0.481 e. The van der Waals surface area contributed by atoms with E-state index < -0.39 is 52.5 Å². The molecule has 5 atom stereocenters. The third-order valence-electron chi connectivity index (χ3n) is 3.07. The van der Waals surface area contributed by atoms with Gasteiger partial charge in [-0.15, -0.1) is 0 Å². The number of nitrogen functional groups attached to an aromatic ring is 1. The number of phosphoric ester groups is 1. The first kappa shape index (κ1) is 20.1. The van der Waals surface area contributed by atoms with Gasteiger partial charge in [0.05, 0.1) is 6.61 Å². The van der Waals surface area contributed by atoms with E-state index in [2.05, 4.69) is 13.8 Å². The number of aliphatic hydroxyl groups is 2. The second-order valence-electron chi connectivity index (χ2n) is 4.93. The molecule has 2 heterocycles. The third kappa shape index (κ3) is 5.15. The van der Waals surface area contributed by atoms with Crippen molar-refractivity contribution in [2.24, 2.45) is 0 Å². The van der Waals surface area contributed by atoms with Crippen LogP contribution in [-0.2, 0) is 22.7 Å². The van der Waals surface area contributed by atoms with Gasteiger partial charge in [0.25, 0.3) is 0 Å². The molecule has 0 aliphatic carbocycles. The lowest BCUT2D eigenvalue weighted by molar-refractivity contribution is -0.0541. The number of aromatic nitrogens is 2. The first-order valence-corrected chi connectivity index (χ1v) is 9.53. The summed E-state index contributed by atoms with van der Waals surface area (Å²) in [5.41, 5.74) is 4.45. The third-order valence-corrected chi connectivity index (χ3v) is 5.23. The summed E-state index contributed by atoms with van der Waals surface area (Å²) in [6, 6.07) is 1.24. The molecule has 2 rings (SSSR count). The van der Waals surface area contributed by atoms with Crippen molar-refractivity contribution >= 4 is 21.5 Å². The Kier molecular flexibility index (Phi) is 5.81. The fourth-order valence-electron chi connectivity index (χ4n) is 2.04. The van der Waals surface area contributed by atoms with Crippen molar-refractivity contribution in [2.45, 2.75) is 24.5 Å². The molecule has 0 amide bonds. The summed E-state index contributed by atoms with van der Waals surface area (Å²) in [6.45, 7) is -0.875. The van der Waals surface area contributed by atoms with Crippen LogP contribution in [0.2, 0.25) is 0 Å². The minimum atomic E-state index is -5.30. The van der Waals surface area contributed by atoms with Crippen LogP contribution in [0.3, 0.4) is 0 Å². The number of nitrogens with two attached hydrogens (primary N) is 1. The van der Waals surface area contributed by atoms with Crippen LogP contribution in [-0.4, -0.2) is 59.4 Å². The molecule has 1 aromatic rings. The number of hydrogen-bond acceptors (Lipinski definition) is 10. The average Bonchev–Trinajstić information content (AvgIpc) is 2.71. The Morgan fingerprint density at radius 1 is 1.28 bits per heavy atom. The lowest BCUT2D eigenvalue weighted by atomic mass is 10.1. The Hall–Kier alpha value is -1.18. The van der Waals surface area contributed by atoms with Gasteiger partial charge < -0.3 is 35.4 Å². The summed E-state index contributed by atoms with van der Waals surface area (Å²) < 4.78 is 35.8. The van der Waals surface area contributed by atoms with Gasteiger partial charge in [-0.2, -0.15) is 9.29 Å². The zero-order valence-electron chi connectivity index (χ0n) is 12.2. The molecule has 0 bridgehead atoms. The summed E-state index contributed by atoms with van der Waals surface area (Å²) in [5, 5.41) is 19.8. The molecule has 0 aromatic carbocycles. The van der Waals surface area contributed by atoms with Crippen molar-refractivity contribution in [3.63, 3.8) is 0 Å². The van der Waals surface area contributed by atoms with Gasteiger partial charge in [0.1, 0.15) is 24.1 Å². The summed E-state index contributed by atoms with van der Waals surface area (Å²) in [6.07, 6.45) is -4.93. The Labute approximate surface area is 139 Å². The normalized spacial score (nSPS) is 29.5. The van der Waals surface area contributed by atoms with Crippen LogP contribution < -0.4 is 11.4 Å². The highest BCUT2D eigenvalue weighted by molar-refractivity contribution is 7.60. The minimum Gasteiger partial charge on any atom is -0.387 e. The van der Waals surface area contributed by atoms with Gasteiger partial charge in [0.2, 0.25) is 0 Å². The van der Waals surface area contributed by atoms with Gasteiger partial charge >= 0.3 is 21.3 Å². The quantitative estimate of drug-likeness (QED) is 0.274. The van der Waals surface area contributed by atoms with Crippen molar-refractivity contribution in [2.75, 3.05) is 12.3 Å². The molecule has 0 spiro atoms. The highest BCUT2D eigenvalue weighted by atomic mass is 31.3. The van der Waals surface area contributed by atoms with Crippen LogP contribution in [0.25, 0.3) is 0 Å². The number of rotatable bonds is 6. The summed E-state index contributed by atoms with van der Waals surface area (Å²) in [7, 11) is -10.5.